The Balaban J connectivity index is 1.28. The molecule has 1 saturated heterocycles. The molecule has 8 nitrogen and oxygen atoms in total. The van der Waals surface area contributed by atoms with Crippen molar-refractivity contribution in [1.82, 2.24) is 10.2 Å². The fourth-order valence-corrected chi connectivity index (χ4v) is 4.16. The topological polar surface area (TPSA) is 94.2 Å². The minimum atomic E-state index is -0.364. The van der Waals surface area contributed by atoms with Crippen LogP contribution >= 0.6 is 11.8 Å². The molecule has 0 atom stereocenters. The summed E-state index contributed by atoms with van der Waals surface area (Å²) < 4.78 is 16.1. The Hall–Kier alpha value is -3.46. The van der Waals surface area contributed by atoms with Crippen molar-refractivity contribution in [2.24, 2.45) is 0 Å². The first-order valence-electron chi connectivity index (χ1n) is 10.1. The SMILES string of the molecule is COc1ccc(C=C2SC(=O)N(CCNC(=O)Cc3ccc4c(c3)OCCO4)C2=O)cc1. The predicted octanol–water partition coefficient (Wildman–Crippen LogP) is 2.86. The molecule has 2 heterocycles. The van der Waals surface area contributed by atoms with Crippen molar-refractivity contribution in [3.63, 3.8) is 0 Å². The van der Waals surface area contributed by atoms with Crippen LogP contribution in [0.5, 0.6) is 17.2 Å². The van der Waals surface area contributed by atoms with E-state index in [2.05, 4.69) is 5.32 Å². The van der Waals surface area contributed by atoms with Gasteiger partial charge < -0.3 is 19.5 Å². The second-order valence-electron chi connectivity index (χ2n) is 7.11. The smallest absolute Gasteiger partial charge is 0.293 e. The highest BCUT2D eigenvalue weighted by Gasteiger charge is 2.34. The number of thioether (sulfide) groups is 1. The van der Waals surface area contributed by atoms with E-state index >= 15 is 0 Å². The Labute approximate surface area is 189 Å². The number of carbonyl (C=O) groups is 3. The fraction of sp³-hybridized carbons (Fsp3) is 0.261. The Bertz CT molecular complexity index is 1070. The van der Waals surface area contributed by atoms with Gasteiger partial charge in [-0.1, -0.05) is 18.2 Å². The van der Waals surface area contributed by atoms with Crippen molar-refractivity contribution < 1.29 is 28.6 Å². The predicted molar refractivity (Wildman–Crippen MR) is 120 cm³/mol. The van der Waals surface area contributed by atoms with E-state index < -0.39 is 0 Å². The molecule has 0 spiro atoms. The maximum Gasteiger partial charge on any atom is 0.293 e. The van der Waals surface area contributed by atoms with Gasteiger partial charge in [-0.2, -0.15) is 0 Å². The molecule has 166 valence electrons. The van der Waals surface area contributed by atoms with Crippen LogP contribution in [0.2, 0.25) is 0 Å². The third-order valence-electron chi connectivity index (χ3n) is 4.92. The number of amides is 3. The van der Waals surface area contributed by atoms with Crippen LogP contribution in [0.25, 0.3) is 6.08 Å². The number of hydrogen-bond donors (Lipinski definition) is 1. The van der Waals surface area contributed by atoms with E-state index in [0.29, 0.717) is 35.4 Å². The maximum atomic E-state index is 12.6. The molecule has 0 unspecified atom stereocenters. The first-order valence-corrected chi connectivity index (χ1v) is 10.9. The van der Waals surface area contributed by atoms with Crippen LogP contribution in [-0.2, 0) is 16.0 Å². The number of imide groups is 1. The van der Waals surface area contributed by atoms with Gasteiger partial charge in [-0.05, 0) is 53.2 Å². The third kappa shape index (κ3) is 5.05. The number of nitrogens with one attached hydrogen (secondary N) is 1. The highest BCUT2D eigenvalue weighted by Crippen LogP contribution is 2.32. The molecule has 9 heteroatoms. The summed E-state index contributed by atoms with van der Waals surface area (Å²) in [7, 11) is 1.58. The third-order valence-corrected chi connectivity index (χ3v) is 5.82. The van der Waals surface area contributed by atoms with Crippen molar-refractivity contribution in [1.29, 1.82) is 0 Å². The van der Waals surface area contributed by atoms with Crippen LogP contribution < -0.4 is 19.5 Å². The van der Waals surface area contributed by atoms with Crippen LogP contribution in [0.1, 0.15) is 11.1 Å². The van der Waals surface area contributed by atoms with Crippen LogP contribution in [0.3, 0.4) is 0 Å². The molecule has 0 bridgehead atoms. The molecular formula is C23H22N2O6S. The Morgan fingerprint density at radius 3 is 2.62 bits per heavy atom. The molecule has 0 aliphatic carbocycles. The van der Waals surface area contributed by atoms with E-state index in [1.165, 1.54) is 0 Å². The second-order valence-corrected chi connectivity index (χ2v) is 8.10. The van der Waals surface area contributed by atoms with Crippen LogP contribution in [0, 0.1) is 0 Å². The minimum absolute atomic E-state index is 0.109. The van der Waals surface area contributed by atoms with Gasteiger partial charge in [0.05, 0.1) is 18.4 Å². The molecule has 32 heavy (non-hydrogen) atoms. The summed E-state index contributed by atoms with van der Waals surface area (Å²) in [6.07, 6.45) is 1.83. The average Bonchev–Trinajstić information content (AvgIpc) is 3.07. The lowest BCUT2D eigenvalue weighted by Crippen LogP contribution is -2.37. The summed E-state index contributed by atoms with van der Waals surface area (Å²) >= 11 is 0.890. The number of carbonyl (C=O) groups excluding carboxylic acids is 3. The molecule has 2 aliphatic heterocycles. The monoisotopic (exact) mass is 454 g/mol. The molecular weight excluding hydrogens is 432 g/mol. The normalized spacial score (nSPS) is 16.4. The van der Waals surface area contributed by atoms with E-state index in [4.69, 9.17) is 14.2 Å². The van der Waals surface area contributed by atoms with Crippen LogP contribution in [0.4, 0.5) is 4.79 Å². The van der Waals surface area contributed by atoms with Crippen molar-refractivity contribution >= 4 is 34.9 Å². The number of hydrogen-bond acceptors (Lipinski definition) is 7. The van der Waals surface area contributed by atoms with Gasteiger partial charge in [0.2, 0.25) is 5.91 Å². The lowest BCUT2D eigenvalue weighted by atomic mass is 10.1. The Kier molecular flexibility index (Phi) is 6.65. The maximum absolute atomic E-state index is 12.6. The van der Waals surface area contributed by atoms with E-state index in [1.807, 2.05) is 18.2 Å². The molecule has 0 saturated carbocycles. The molecule has 2 aromatic rings. The first-order chi connectivity index (χ1) is 15.5. The molecule has 1 N–H and O–H groups in total. The Morgan fingerprint density at radius 2 is 1.88 bits per heavy atom. The van der Waals surface area contributed by atoms with Crippen molar-refractivity contribution in [2.45, 2.75) is 6.42 Å². The molecule has 2 aliphatic rings. The van der Waals surface area contributed by atoms with E-state index in [0.717, 1.165) is 27.8 Å². The van der Waals surface area contributed by atoms with E-state index in [-0.39, 0.29) is 36.6 Å². The summed E-state index contributed by atoms with van der Waals surface area (Å²) in [5.41, 5.74) is 1.59. The van der Waals surface area contributed by atoms with E-state index in [1.54, 1.807) is 37.5 Å². The first kappa shape index (κ1) is 21.8. The number of ether oxygens (including phenoxy) is 3. The van der Waals surface area contributed by atoms with Gasteiger partial charge >= 0.3 is 0 Å². The highest BCUT2D eigenvalue weighted by molar-refractivity contribution is 8.18. The number of nitrogens with zero attached hydrogens (tertiary/aromatic N) is 1. The summed E-state index contributed by atoms with van der Waals surface area (Å²) in [5.74, 6) is 1.44. The number of rotatable bonds is 7. The van der Waals surface area contributed by atoms with Gasteiger partial charge in [0.25, 0.3) is 11.1 Å². The van der Waals surface area contributed by atoms with Gasteiger partial charge in [0, 0.05) is 13.1 Å². The number of methoxy groups -OCH3 is 1. The fourth-order valence-electron chi connectivity index (χ4n) is 3.30. The minimum Gasteiger partial charge on any atom is -0.497 e. The zero-order valence-corrected chi connectivity index (χ0v) is 18.3. The molecule has 1 fully saturated rings. The van der Waals surface area contributed by atoms with Crippen molar-refractivity contribution in [3.05, 3.63) is 58.5 Å². The number of benzene rings is 2. The van der Waals surface area contributed by atoms with Gasteiger partial charge in [-0.15, -0.1) is 0 Å². The lowest BCUT2D eigenvalue weighted by Gasteiger charge is -2.18. The summed E-state index contributed by atoms with van der Waals surface area (Å²) in [6.45, 7) is 1.28. The van der Waals surface area contributed by atoms with Gasteiger partial charge in [0.1, 0.15) is 19.0 Å². The molecule has 3 amide bonds. The van der Waals surface area contributed by atoms with Gasteiger partial charge in [0.15, 0.2) is 11.5 Å². The van der Waals surface area contributed by atoms with Crippen LogP contribution in [0.15, 0.2) is 47.4 Å². The lowest BCUT2D eigenvalue weighted by molar-refractivity contribution is -0.124. The molecule has 4 rings (SSSR count). The summed E-state index contributed by atoms with van der Waals surface area (Å²) in [6, 6.07) is 12.6. The second kappa shape index (κ2) is 9.78. The van der Waals surface area contributed by atoms with Crippen molar-refractivity contribution in [3.8, 4) is 17.2 Å². The van der Waals surface area contributed by atoms with Crippen molar-refractivity contribution in [2.75, 3.05) is 33.4 Å². The zero-order valence-electron chi connectivity index (χ0n) is 17.5. The summed E-state index contributed by atoms with van der Waals surface area (Å²) in [4.78, 5) is 38.6. The zero-order chi connectivity index (χ0) is 22.5. The highest BCUT2D eigenvalue weighted by atomic mass is 32.2. The van der Waals surface area contributed by atoms with E-state index in [9.17, 15) is 14.4 Å². The van der Waals surface area contributed by atoms with Gasteiger partial charge in [-0.25, -0.2) is 0 Å². The molecule has 0 radical (unpaired) electrons. The van der Waals surface area contributed by atoms with Crippen LogP contribution in [-0.4, -0.2) is 55.4 Å². The number of fused-ring (bicyclic) bond motifs is 1. The summed E-state index contributed by atoms with van der Waals surface area (Å²) in [5, 5.41) is 2.41. The van der Waals surface area contributed by atoms with Gasteiger partial charge in [-0.3, -0.25) is 19.3 Å². The average molecular weight is 455 g/mol. The quantitative estimate of drug-likeness (QED) is 0.643. The molecule has 2 aromatic carbocycles. The molecule has 0 aromatic heterocycles. The standard InChI is InChI=1S/C23H22N2O6S/c1-29-17-5-2-15(3-6-17)13-20-22(27)25(23(28)32-20)9-8-24-21(26)14-16-4-7-18-19(12-16)31-11-10-30-18/h2-7,12-13H,8-11,14H2,1H3,(H,24,26). The largest absolute Gasteiger partial charge is 0.497 e. The Morgan fingerprint density at radius 1 is 1.12 bits per heavy atom.